The first-order valence-electron chi connectivity index (χ1n) is 8.28. The van der Waals surface area contributed by atoms with Gasteiger partial charge >= 0.3 is 11.7 Å². The monoisotopic (exact) mass is 399 g/mol. The highest BCUT2D eigenvalue weighted by molar-refractivity contribution is 7.98. The molecule has 9 heteroatoms. The highest BCUT2D eigenvalue weighted by Crippen LogP contribution is 2.18. The van der Waals surface area contributed by atoms with Crippen LogP contribution in [0.3, 0.4) is 0 Å². The van der Waals surface area contributed by atoms with Crippen LogP contribution in [0, 0.1) is 0 Å². The van der Waals surface area contributed by atoms with Crippen molar-refractivity contribution in [3.63, 3.8) is 0 Å². The van der Waals surface area contributed by atoms with E-state index in [1.54, 1.807) is 42.1 Å². The zero-order valence-corrected chi connectivity index (χ0v) is 15.8. The van der Waals surface area contributed by atoms with E-state index in [9.17, 15) is 14.4 Å². The van der Waals surface area contributed by atoms with Crippen LogP contribution in [0.2, 0.25) is 0 Å². The second-order valence-corrected chi connectivity index (χ2v) is 6.52. The third-order valence-electron chi connectivity index (χ3n) is 3.62. The van der Waals surface area contributed by atoms with Crippen molar-refractivity contribution in [2.45, 2.75) is 11.4 Å². The maximum atomic E-state index is 11.9. The maximum absolute atomic E-state index is 11.9. The zero-order valence-electron chi connectivity index (χ0n) is 15.0. The molecule has 0 atom stereocenters. The van der Waals surface area contributed by atoms with Crippen LogP contribution in [-0.2, 0) is 20.9 Å². The van der Waals surface area contributed by atoms with E-state index < -0.39 is 30.8 Å². The summed E-state index contributed by atoms with van der Waals surface area (Å²) in [6, 6.07) is 16.1. The quantitative estimate of drug-likeness (QED) is 0.481. The number of nitrogens with zero attached hydrogens (tertiary/aromatic N) is 2. The Hall–Kier alpha value is -3.33. The van der Waals surface area contributed by atoms with Crippen molar-refractivity contribution in [3.05, 3.63) is 65.1 Å². The molecule has 0 saturated heterocycles. The molecule has 0 saturated carbocycles. The van der Waals surface area contributed by atoms with Gasteiger partial charge in [-0.05, 0) is 36.6 Å². The van der Waals surface area contributed by atoms with Crippen molar-refractivity contribution in [3.8, 4) is 11.5 Å². The number of carbonyl (C=O) groups is 2. The lowest BCUT2D eigenvalue weighted by atomic mass is 10.2. The van der Waals surface area contributed by atoms with E-state index >= 15 is 0 Å². The average molecular weight is 399 g/mol. The number of hydrogen-bond acceptors (Lipinski definition) is 7. The molecule has 0 radical (unpaired) electrons. The van der Waals surface area contributed by atoms with Gasteiger partial charge in [0.05, 0.1) is 0 Å². The SMILES string of the molecule is CSc1cccc(NC(=O)COC(=O)Cn2nc(-c3ccccc3)oc2=O)c1. The summed E-state index contributed by atoms with van der Waals surface area (Å²) < 4.78 is 10.8. The van der Waals surface area contributed by atoms with Crippen molar-refractivity contribution >= 4 is 29.3 Å². The predicted octanol–water partition coefficient (Wildman–Crippen LogP) is 2.41. The Morgan fingerprint density at radius 1 is 1.18 bits per heavy atom. The number of nitrogens with one attached hydrogen (secondary N) is 1. The van der Waals surface area contributed by atoms with Gasteiger partial charge in [-0.25, -0.2) is 4.79 Å². The normalized spacial score (nSPS) is 10.5. The van der Waals surface area contributed by atoms with Crippen LogP contribution >= 0.6 is 11.8 Å². The number of amides is 1. The summed E-state index contributed by atoms with van der Waals surface area (Å²) in [5.41, 5.74) is 1.21. The Kier molecular flexibility index (Phi) is 6.28. The Labute approximate surface area is 164 Å². The van der Waals surface area contributed by atoms with Gasteiger partial charge in [-0.3, -0.25) is 9.59 Å². The van der Waals surface area contributed by atoms with E-state index in [1.807, 2.05) is 30.5 Å². The van der Waals surface area contributed by atoms with Gasteiger partial charge in [-0.2, -0.15) is 4.68 Å². The number of hydrogen-bond donors (Lipinski definition) is 1. The number of benzene rings is 2. The van der Waals surface area contributed by atoms with Crippen molar-refractivity contribution < 1.29 is 18.7 Å². The van der Waals surface area contributed by atoms with Crippen LogP contribution in [0.1, 0.15) is 0 Å². The Bertz CT molecular complexity index is 1030. The highest BCUT2D eigenvalue weighted by Gasteiger charge is 2.15. The second-order valence-electron chi connectivity index (χ2n) is 5.64. The first-order valence-corrected chi connectivity index (χ1v) is 9.50. The number of ether oxygens (including phenoxy) is 1. The van der Waals surface area contributed by atoms with Crippen molar-refractivity contribution in [1.29, 1.82) is 0 Å². The Morgan fingerprint density at radius 2 is 1.96 bits per heavy atom. The number of carbonyl (C=O) groups excluding carboxylic acids is 2. The molecule has 8 nitrogen and oxygen atoms in total. The molecule has 0 aliphatic carbocycles. The lowest BCUT2D eigenvalue weighted by Gasteiger charge is -2.07. The van der Waals surface area contributed by atoms with Crippen LogP contribution in [0.15, 0.2) is 68.7 Å². The van der Waals surface area contributed by atoms with Gasteiger partial charge < -0.3 is 14.5 Å². The highest BCUT2D eigenvalue weighted by atomic mass is 32.2. The van der Waals surface area contributed by atoms with Crippen molar-refractivity contribution in [2.75, 3.05) is 18.2 Å². The van der Waals surface area contributed by atoms with E-state index in [-0.39, 0.29) is 5.89 Å². The summed E-state index contributed by atoms with van der Waals surface area (Å²) in [6.07, 6.45) is 1.93. The molecule has 28 heavy (non-hydrogen) atoms. The molecule has 0 aliphatic rings. The van der Waals surface area contributed by atoms with E-state index in [0.717, 1.165) is 9.58 Å². The first-order chi connectivity index (χ1) is 13.5. The molecule has 1 aromatic heterocycles. The molecule has 0 unspecified atom stereocenters. The minimum Gasteiger partial charge on any atom is -0.454 e. The number of anilines is 1. The van der Waals surface area contributed by atoms with Crippen molar-refractivity contribution in [2.24, 2.45) is 0 Å². The summed E-state index contributed by atoms with van der Waals surface area (Å²) in [5, 5.41) is 6.61. The largest absolute Gasteiger partial charge is 0.454 e. The maximum Gasteiger partial charge on any atom is 0.437 e. The first kappa shape index (κ1) is 19.4. The summed E-state index contributed by atoms with van der Waals surface area (Å²) in [6.45, 7) is -0.926. The molecule has 2 aromatic carbocycles. The molecule has 1 amide bonds. The van der Waals surface area contributed by atoms with Crippen LogP contribution in [-0.4, -0.2) is 34.5 Å². The van der Waals surface area contributed by atoms with Crippen LogP contribution in [0.4, 0.5) is 5.69 Å². The summed E-state index contributed by atoms with van der Waals surface area (Å²) >= 11 is 1.55. The van der Waals surface area contributed by atoms with Gasteiger partial charge in [0.15, 0.2) is 6.61 Å². The minimum absolute atomic E-state index is 0.102. The molecule has 3 aromatic rings. The van der Waals surface area contributed by atoms with Gasteiger partial charge in [0.2, 0.25) is 5.89 Å². The Balaban J connectivity index is 1.54. The second kappa shape index (κ2) is 9.05. The summed E-state index contributed by atoms with van der Waals surface area (Å²) in [4.78, 5) is 36.7. The molecule has 0 bridgehead atoms. The van der Waals surface area contributed by atoms with E-state index in [1.165, 1.54) is 0 Å². The summed E-state index contributed by atoms with van der Waals surface area (Å²) in [7, 11) is 0. The van der Waals surface area contributed by atoms with E-state index in [4.69, 9.17) is 9.15 Å². The van der Waals surface area contributed by atoms with E-state index in [0.29, 0.717) is 11.3 Å². The third-order valence-corrected chi connectivity index (χ3v) is 4.35. The van der Waals surface area contributed by atoms with Crippen LogP contribution in [0.25, 0.3) is 11.5 Å². The third kappa shape index (κ3) is 5.10. The summed E-state index contributed by atoms with van der Waals surface area (Å²) in [5.74, 6) is -1.94. The van der Waals surface area contributed by atoms with Gasteiger partial charge in [-0.15, -0.1) is 16.9 Å². The molecule has 144 valence electrons. The fourth-order valence-corrected chi connectivity index (χ4v) is 2.77. The topological polar surface area (TPSA) is 103 Å². The smallest absolute Gasteiger partial charge is 0.437 e. The molecule has 1 heterocycles. The van der Waals surface area contributed by atoms with Gasteiger partial charge in [-0.1, -0.05) is 24.3 Å². The molecule has 0 fully saturated rings. The lowest BCUT2D eigenvalue weighted by molar-refractivity contribution is -0.148. The minimum atomic E-state index is -0.783. The molecule has 1 N–H and O–H groups in total. The fourth-order valence-electron chi connectivity index (χ4n) is 2.32. The zero-order chi connectivity index (χ0) is 19.9. The molecule has 0 spiro atoms. The van der Waals surface area contributed by atoms with E-state index in [2.05, 4.69) is 10.4 Å². The predicted molar refractivity (Wildman–Crippen MR) is 104 cm³/mol. The molecular weight excluding hydrogens is 382 g/mol. The van der Waals surface area contributed by atoms with Gasteiger partial charge in [0.25, 0.3) is 5.91 Å². The number of aromatic nitrogens is 2. The van der Waals surface area contributed by atoms with Crippen LogP contribution in [0.5, 0.6) is 0 Å². The molecular formula is C19H17N3O5S. The molecule has 3 rings (SSSR count). The lowest BCUT2D eigenvalue weighted by Crippen LogP contribution is -2.26. The molecule has 0 aliphatic heterocycles. The number of esters is 1. The van der Waals surface area contributed by atoms with Gasteiger partial charge in [0.1, 0.15) is 6.54 Å². The fraction of sp³-hybridized carbons (Fsp3) is 0.158. The average Bonchev–Trinajstić information content (AvgIpc) is 3.07. The van der Waals surface area contributed by atoms with Crippen molar-refractivity contribution in [1.82, 2.24) is 9.78 Å². The van der Waals surface area contributed by atoms with Crippen LogP contribution < -0.4 is 11.1 Å². The standard InChI is InChI=1S/C19H17N3O5S/c1-28-15-9-5-8-14(10-15)20-16(23)12-26-17(24)11-22-19(25)27-18(21-22)13-6-3-2-4-7-13/h2-10H,11-12H2,1H3,(H,20,23). The van der Waals surface area contributed by atoms with Gasteiger partial charge in [0, 0.05) is 16.1 Å². The number of rotatable bonds is 7. The number of thioether (sulfide) groups is 1. The Morgan fingerprint density at radius 3 is 2.71 bits per heavy atom.